The van der Waals surface area contributed by atoms with Crippen LogP contribution >= 0.6 is 0 Å². The van der Waals surface area contributed by atoms with E-state index in [9.17, 15) is 9.59 Å². The fourth-order valence-electron chi connectivity index (χ4n) is 2.70. The van der Waals surface area contributed by atoms with Gasteiger partial charge in [0.25, 0.3) is 5.91 Å². The van der Waals surface area contributed by atoms with E-state index in [1.54, 1.807) is 54.8 Å². The molecule has 0 aliphatic heterocycles. The summed E-state index contributed by atoms with van der Waals surface area (Å²) in [6.07, 6.45) is 5.84. The van der Waals surface area contributed by atoms with Crippen molar-refractivity contribution >= 4 is 23.2 Å². The second-order valence-corrected chi connectivity index (χ2v) is 6.52. The van der Waals surface area contributed by atoms with E-state index in [0.717, 1.165) is 17.7 Å². The summed E-state index contributed by atoms with van der Waals surface area (Å²) >= 11 is 0. The maximum absolute atomic E-state index is 12.6. The first-order chi connectivity index (χ1) is 13.5. The lowest BCUT2D eigenvalue weighted by molar-refractivity contribution is 0.0796. The van der Waals surface area contributed by atoms with Crippen LogP contribution in [0.5, 0.6) is 0 Å². The molecule has 3 rings (SSSR count). The van der Waals surface area contributed by atoms with E-state index in [2.05, 4.69) is 15.3 Å². The standard InChI is InChI=1S/C22H22N4O2/c1-16(27)18-3-6-20(7-4-18)25-21-8-5-19(15-24-21)22(28)26(2)14-11-17-9-12-23-13-10-17/h3-10,12-13,15H,11,14H2,1-2H3,(H,24,25). The van der Waals surface area contributed by atoms with Gasteiger partial charge < -0.3 is 10.2 Å². The maximum atomic E-state index is 12.6. The van der Waals surface area contributed by atoms with Crippen molar-refractivity contribution in [1.29, 1.82) is 0 Å². The van der Waals surface area contributed by atoms with Crippen LogP contribution in [-0.4, -0.2) is 40.2 Å². The van der Waals surface area contributed by atoms with Crippen LogP contribution in [0, 0.1) is 0 Å². The third-order valence-corrected chi connectivity index (χ3v) is 4.41. The van der Waals surface area contributed by atoms with Gasteiger partial charge in [0.1, 0.15) is 5.82 Å². The second-order valence-electron chi connectivity index (χ2n) is 6.52. The largest absolute Gasteiger partial charge is 0.341 e. The Morgan fingerprint density at radius 2 is 1.64 bits per heavy atom. The lowest BCUT2D eigenvalue weighted by Gasteiger charge is -2.17. The molecule has 28 heavy (non-hydrogen) atoms. The Hall–Kier alpha value is -3.54. The average Bonchev–Trinajstić information content (AvgIpc) is 2.73. The zero-order valence-corrected chi connectivity index (χ0v) is 15.9. The van der Waals surface area contributed by atoms with Crippen LogP contribution in [0.3, 0.4) is 0 Å². The van der Waals surface area contributed by atoms with Gasteiger partial charge in [-0.05, 0) is 67.4 Å². The third-order valence-electron chi connectivity index (χ3n) is 4.41. The van der Waals surface area contributed by atoms with Gasteiger partial charge in [0.15, 0.2) is 5.78 Å². The van der Waals surface area contributed by atoms with Gasteiger partial charge in [0.2, 0.25) is 0 Å². The number of hydrogen-bond donors (Lipinski definition) is 1. The summed E-state index contributed by atoms with van der Waals surface area (Å²) in [5, 5.41) is 3.16. The Morgan fingerprint density at radius 3 is 2.25 bits per heavy atom. The smallest absolute Gasteiger partial charge is 0.255 e. The van der Waals surface area contributed by atoms with Crippen molar-refractivity contribution < 1.29 is 9.59 Å². The van der Waals surface area contributed by atoms with Crippen molar-refractivity contribution in [3.63, 3.8) is 0 Å². The summed E-state index contributed by atoms with van der Waals surface area (Å²) in [5.74, 6) is 0.589. The topological polar surface area (TPSA) is 75.2 Å². The van der Waals surface area contributed by atoms with Crippen LogP contribution in [0.15, 0.2) is 67.1 Å². The Kier molecular flexibility index (Phi) is 6.11. The van der Waals surface area contributed by atoms with Crippen molar-refractivity contribution in [2.24, 2.45) is 0 Å². The first kappa shape index (κ1) is 19.2. The number of nitrogens with zero attached hydrogens (tertiary/aromatic N) is 3. The van der Waals surface area contributed by atoms with Gasteiger partial charge in [0.05, 0.1) is 5.56 Å². The minimum absolute atomic E-state index is 0.0283. The van der Waals surface area contributed by atoms with E-state index < -0.39 is 0 Å². The predicted molar refractivity (Wildman–Crippen MR) is 109 cm³/mol. The summed E-state index contributed by atoms with van der Waals surface area (Å²) in [6, 6.07) is 14.6. The number of anilines is 2. The lowest BCUT2D eigenvalue weighted by atomic mass is 10.1. The molecule has 3 aromatic rings. The molecule has 2 aromatic heterocycles. The Morgan fingerprint density at radius 1 is 0.964 bits per heavy atom. The minimum Gasteiger partial charge on any atom is -0.341 e. The molecule has 0 atom stereocenters. The molecule has 0 radical (unpaired) electrons. The van der Waals surface area contributed by atoms with Crippen LogP contribution in [-0.2, 0) is 6.42 Å². The lowest BCUT2D eigenvalue weighted by Crippen LogP contribution is -2.28. The van der Waals surface area contributed by atoms with E-state index in [1.807, 2.05) is 24.3 Å². The van der Waals surface area contributed by atoms with Crippen molar-refractivity contribution in [1.82, 2.24) is 14.9 Å². The molecule has 0 aliphatic carbocycles. The van der Waals surface area contributed by atoms with Gasteiger partial charge in [-0.2, -0.15) is 0 Å². The summed E-state index contributed by atoms with van der Waals surface area (Å²) in [6.45, 7) is 2.15. The van der Waals surface area contributed by atoms with Gasteiger partial charge >= 0.3 is 0 Å². The molecule has 1 aromatic carbocycles. The fraction of sp³-hybridized carbons (Fsp3) is 0.182. The molecule has 0 fully saturated rings. The average molecular weight is 374 g/mol. The van der Waals surface area contributed by atoms with Crippen LogP contribution in [0.25, 0.3) is 0 Å². The number of Topliss-reactive ketones (excluding diaryl/α,β-unsaturated/α-hetero) is 1. The normalized spacial score (nSPS) is 10.4. The monoisotopic (exact) mass is 374 g/mol. The van der Waals surface area contributed by atoms with Crippen LogP contribution in [0.1, 0.15) is 33.2 Å². The van der Waals surface area contributed by atoms with Gasteiger partial charge in [-0.1, -0.05) is 0 Å². The number of ketones is 1. The molecule has 0 spiro atoms. The Balaban J connectivity index is 1.58. The molecular weight excluding hydrogens is 352 g/mol. The molecule has 1 N–H and O–H groups in total. The molecule has 0 saturated carbocycles. The zero-order chi connectivity index (χ0) is 19.9. The first-order valence-corrected chi connectivity index (χ1v) is 9.01. The number of pyridine rings is 2. The predicted octanol–water partition coefficient (Wildman–Crippen LogP) is 3.74. The van der Waals surface area contributed by atoms with E-state index in [1.165, 1.54) is 6.92 Å². The van der Waals surface area contributed by atoms with Crippen LogP contribution in [0.4, 0.5) is 11.5 Å². The number of hydrogen-bond acceptors (Lipinski definition) is 5. The highest BCUT2D eigenvalue weighted by atomic mass is 16.2. The quantitative estimate of drug-likeness (QED) is 0.638. The molecule has 0 unspecified atom stereocenters. The summed E-state index contributed by atoms with van der Waals surface area (Å²) < 4.78 is 0. The highest BCUT2D eigenvalue weighted by Crippen LogP contribution is 2.16. The SMILES string of the molecule is CC(=O)c1ccc(Nc2ccc(C(=O)N(C)CCc3ccncc3)cn2)cc1. The molecule has 0 saturated heterocycles. The van der Waals surface area contributed by atoms with Crippen LogP contribution in [0.2, 0.25) is 0 Å². The third kappa shape index (κ3) is 5.01. The number of rotatable bonds is 7. The molecule has 0 bridgehead atoms. The summed E-state index contributed by atoms with van der Waals surface area (Å²) in [5.41, 5.74) is 3.16. The molecule has 0 aliphatic rings. The van der Waals surface area contributed by atoms with Gasteiger partial charge in [-0.3, -0.25) is 14.6 Å². The molecule has 6 heteroatoms. The minimum atomic E-state index is -0.0704. The second kappa shape index (κ2) is 8.90. The van der Waals surface area contributed by atoms with E-state index in [-0.39, 0.29) is 11.7 Å². The van der Waals surface area contributed by atoms with E-state index in [4.69, 9.17) is 0 Å². The number of carbonyl (C=O) groups is 2. The molecule has 142 valence electrons. The first-order valence-electron chi connectivity index (χ1n) is 9.01. The number of nitrogens with one attached hydrogen (secondary N) is 1. The van der Waals surface area contributed by atoms with E-state index in [0.29, 0.717) is 23.5 Å². The molecule has 2 heterocycles. The van der Waals surface area contributed by atoms with Gasteiger partial charge in [0, 0.05) is 43.4 Å². The number of aromatic nitrogens is 2. The molecule has 6 nitrogen and oxygen atoms in total. The number of amides is 1. The summed E-state index contributed by atoms with van der Waals surface area (Å²) in [4.78, 5) is 33.9. The Labute approximate surface area is 164 Å². The molecule has 1 amide bonds. The van der Waals surface area contributed by atoms with Crippen molar-refractivity contribution in [2.75, 3.05) is 18.9 Å². The number of benzene rings is 1. The van der Waals surface area contributed by atoms with E-state index >= 15 is 0 Å². The maximum Gasteiger partial charge on any atom is 0.255 e. The number of carbonyl (C=O) groups excluding carboxylic acids is 2. The molecular formula is C22H22N4O2. The van der Waals surface area contributed by atoms with Crippen molar-refractivity contribution in [3.05, 3.63) is 83.8 Å². The Bertz CT molecular complexity index is 939. The highest BCUT2D eigenvalue weighted by Gasteiger charge is 2.12. The fourth-order valence-corrected chi connectivity index (χ4v) is 2.70. The highest BCUT2D eigenvalue weighted by molar-refractivity contribution is 5.94. The van der Waals surface area contributed by atoms with Crippen LogP contribution < -0.4 is 5.32 Å². The van der Waals surface area contributed by atoms with Crippen molar-refractivity contribution in [2.45, 2.75) is 13.3 Å². The van der Waals surface area contributed by atoms with Gasteiger partial charge in [-0.15, -0.1) is 0 Å². The van der Waals surface area contributed by atoms with Gasteiger partial charge in [-0.25, -0.2) is 4.98 Å². The zero-order valence-electron chi connectivity index (χ0n) is 15.9. The summed E-state index contributed by atoms with van der Waals surface area (Å²) in [7, 11) is 1.78. The number of likely N-dealkylation sites (N-methyl/N-ethyl adjacent to an activating group) is 1. The van der Waals surface area contributed by atoms with Crippen molar-refractivity contribution in [3.8, 4) is 0 Å².